The third-order valence-corrected chi connectivity index (χ3v) is 5.24. The summed E-state index contributed by atoms with van der Waals surface area (Å²) in [6.45, 7) is 7.26. The molecule has 1 atom stereocenters. The largest absolute Gasteiger partial charge is 0.376 e. The maximum atomic E-state index is 12.8. The first-order valence-corrected chi connectivity index (χ1v) is 10.6. The monoisotopic (exact) mass is 422 g/mol. The number of rotatable bonds is 6. The van der Waals surface area contributed by atoms with Crippen LogP contribution in [0.5, 0.6) is 0 Å². The zero-order chi connectivity index (χ0) is 22.2. The molecule has 2 aromatic rings. The van der Waals surface area contributed by atoms with Gasteiger partial charge in [-0.1, -0.05) is 18.2 Å². The molecule has 164 valence electrons. The Morgan fingerprint density at radius 1 is 1.10 bits per heavy atom. The Hall–Kier alpha value is -3.19. The summed E-state index contributed by atoms with van der Waals surface area (Å²) in [5, 5.41) is 8.86. The van der Waals surface area contributed by atoms with Gasteiger partial charge in [0.05, 0.1) is 12.6 Å². The molecule has 3 N–H and O–H groups in total. The predicted octanol–water partition coefficient (Wildman–Crippen LogP) is 3.32. The fourth-order valence-electron chi connectivity index (χ4n) is 3.23. The highest BCUT2D eigenvalue weighted by atomic mass is 16.5. The van der Waals surface area contributed by atoms with E-state index in [-0.39, 0.29) is 17.9 Å². The number of hydrogen-bond donors (Lipinski definition) is 3. The summed E-state index contributed by atoms with van der Waals surface area (Å²) in [6, 6.07) is 13.1. The number of nitrogens with one attached hydrogen (secondary N) is 3. The van der Waals surface area contributed by atoms with Crippen molar-refractivity contribution in [1.29, 1.82) is 0 Å². The maximum absolute atomic E-state index is 12.8. The van der Waals surface area contributed by atoms with E-state index < -0.39 is 0 Å². The fourth-order valence-corrected chi connectivity index (χ4v) is 3.23. The number of nitrogens with zero attached hydrogens (tertiary/aromatic N) is 1. The highest BCUT2D eigenvalue weighted by molar-refractivity contribution is 6.10. The zero-order valence-corrected chi connectivity index (χ0v) is 18.3. The number of carbonyl (C=O) groups is 2. The minimum atomic E-state index is -0.256. The number of aryl methyl sites for hydroxylation is 2. The molecule has 0 spiro atoms. The highest BCUT2D eigenvalue weighted by Crippen LogP contribution is 2.15. The molecule has 7 heteroatoms. The van der Waals surface area contributed by atoms with Crippen LogP contribution in [0.25, 0.3) is 0 Å². The van der Waals surface area contributed by atoms with Gasteiger partial charge in [0.15, 0.2) is 0 Å². The molecule has 0 aliphatic carbocycles. The standard InChI is InChI=1S/C24H30N4O3/c1-16-6-11-21(13-17(16)2)27-24(26-15-22-5-4-12-31-22)28-23(30)20-9-7-19(8-10-20)14-25-18(3)29/h6-11,13,22H,4-5,12,14-15H2,1-3H3,(H,25,29)(H2,26,27,28,30)/t22-/m0/s1. The molecule has 1 heterocycles. The van der Waals surface area contributed by atoms with Crippen molar-refractivity contribution in [2.75, 3.05) is 18.5 Å². The average molecular weight is 423 g/mol. The first-order chi connectivity index (χ1) is 14.9. The van der Waals surface area contributed by atoms with Crippen LogP contribution in [0, 0.1) is 13.8 Å². The molecule has 2 amide bonds. The van der Waals surface area contributed by atoms with Gasteiger partial charge in [-0.05, 0) is 67.6 Å². The fraction of sp³-hybridized carbons (Fsp3) is 0.375. The molecule has 1 aliphatic heterocycles. The summed E-state index contributed by atoms with van der Waals surface area (Å²) >= 11 is 0. The number of amides is 2. The van der Waals surface area contributed by atoms with Gasteiger partial charge in [-0.15, -0.1) is 0 Å². The average Bonchev–Trinajstić information content (AvgIpc) is 3.27. The van der Waals surface area contributed by atoms with Crippen LogP contribution in [0.15, 0.2) is 47.5 Å². The second-order valence-corrected chi connectivity index (χ2v) is 7.81. The molecule has 1 saturated heterocycles. The van der Waals surface area contributed by atoms with Crippen LogP contribution in [0.2, 0.25) is 0 Å². The Kier molecular flexibility index (Phi) is 7.78. The van der Waals surface area contributed by atoms with E-state index in [0.717, 1.165) is 36.3 Å². The Balaban J connectivity index is 1.70. The van der Waals surface area contributed by atoms with Crippen molar-refractivity contribution in [1.82, 2.24) is 10.6 Å². The molecule has 3 rings (SSSR count). The van der Waals surface area contributed by atoms with Crippen LogP contribution in [0.4, 0.5) is 5.69 Å². The molecule has 0 saturated carbocycles. The lowest BCUT2D eigenvalue weighted by Gasteiger charge is -2.14. The van der Waals surface area contributed by atoms with Crippen molar-refractivity contribution in [2.24, 2.45) is 4.99 Å². The van der Waals surface area contributed by atoms with E-state index in [4.69, 9.17) is 4.74 Å². The number of benzene rings is 2. The molecule has 1 fully saturated rings. The van der Waals surface area contributed by atoms with Gasteiger partial charge in [0.2, 0.25) is 11.9 Å². The van der Waals surface area contributed by atoms with Gasteiger partial charge in [-0.2, -0.15) is 0 Å². The molecule has 0 bridgehead atoms. The smallest absolute Gasteiger partial charge is 0.257 e. The van der Waals surface area contributed by atoms with Crippen LogP contribution in [-0.4, -0.2) is 37.0 Å². The van der Waals surface area contributed by atoms with E-state index in [1.807, 2.05) is 37.3 Å². The second-order valence-electron chi connectivity index (χ2n) is 7.81. The van der Waals surface area contributed by atoms with Crippen LogP contribution >= 0.6 is 0 Å². The molecular formula is C24H30N4O3. The van der Waals surface area contributed by atoms with E-state index in [1.54, 1.807) is 12.1 Å². The maximum Gasteiger partial charge on any atom is 0.257 e. The van der Waals surface area contributed by atoms with Crippen molar-refractivity contribution in [2.45, 2.75) is 46.3 Å². The minimum absolute atomic E-state index is 0.0847. The normalized spacial score (nSPS) is 16.1. The lowest BCUT2D eigenvalue weighted by Crippen LogP contribution is -2.36. The molecule has 7 nitrogen and oxygen atoms in total. The number of anilines is 1. The summed E-state index contributed by atoms with van der Waals surface area (Å²) in [5.74, 6) is 0.0471. The zero-order valence-electron chi connectivity index (χ0n) is 18.3. The Morgan fingerprint density at radius 3 is 2.52 bits per heavy atom. The summed E-state index contributed by atoms with van der Waals surface area (Å²) in [5.41, 5.74) is 4.65. The van der Waals surface area contributed by atoms with E-state index in [2.05, 4.69) is 27.9 Å². The number of aliphatic imine (C=N–C) groups is 1. The quantitative estimate of drug-likeness (QED) is 0.492. The van der Waals surface area contributed by atoms with Crippen LogP contribution in [-0.2, 0) is 16.1 Å². The van der Waals surface area contributed by atoms with E-state index >= 15 is 0 Å². The predicted molar refractivity (Wildman–Crippen MR) is 122 cm³/mol. The van der Waals surface area contributed by atoms with Gasteiger partial charge in [0.25, 0.3) is 5.91 Å². The third kappa shape index (κ3) is 6.93. The van der Waals surface area contributed by atoms with Crippen molar-refractivity contribution in [3.8, 4) is 0 Å². The number of guanidine groups is 1. The number of ether oxygens (including phenoxy) is 1. The molecule has 0 radical (unpaired) electrons. The van der Waals surface area contributed by atoms with Crippen molar-refractivity contribution >= 4 is 23.5 Å². The molecule has 31 heavy (non-hydrogen) atoms. The minimum Gasteiger partial charge on any atom is -0.376 e. The molecule has 0 unspecified atom stereocenters. The lowest BCUT2D eigenvalue weighted by atomic mass is 10.1. The Bertz CT molecular complexity index is 948. The first kappa shape index (κ1) is 22.5. The van der Waals surface area contributed by atoms with E-state index in [9.17, 15) is 9.59 Å². The van der Waals surface area contributed by atoms with Crippen molar-refractivity contribution < 1.29 is 14.3 Å². The molecule has 1 aliphatic rings. The van der Waals surface area contributed by atoms with E-state index in [1.165, 1.54) is 12.5 Å². The van der Waals surface area contributed by atoms with Gasteiger partial charge in [-0.25, -0.2) is 4.99 Å². The lowest BCUT2D eigenvalue weighted by molar-refractivity contribution is -0.119. The molecule has 2 aromatic carbocycles. The number of hydrogen-bond acceptors (Lipinski definition) is 4. The summed E-state index contributed by atoms with van der Waals surface area (Å²) in [4.78, 5) is 28.4. The van der Waals surface area contributed by atoms with Crippen LogP contribution in [0.1, 0.15) is 46.8 Å². The topological polar surface area (TPSA) is 91.8 Å². The van der Waals surface area contributed by atoms with Gasteiger partial charge in [0.1, 0.15) is 0 Å². The molecule has 0 aromatic heterocycles. The van der Waals surface area contributed by atoms with E-state index in [0.29, 0.717) is 24.6 Å². The highest BCUT2D eigenvalue weighted by Gasteiger charge is 2.16. The van der Waals surface area contributed by atoms with Crippen molar-refractivity contribution in [3.05, 3.63) is 64.7 Å². The SMILES string of the molecule is CC(=O)NCc1ccc(C(=O)NC(=NC[C@@H]2CCCO2)Nc2ccc(C)c(C)c2)cc1. The van der Waals surface area contributed by atoms with Gasteiger partial charge in [-0.3, -0.25) is 14.9 Å². The first-order valence-electron chi connectivity index (χ1n) is 10.6. The van der Waals surface area contributed by atoms with Crippen LogP contribution < -0.4 is 16.0 Å². The van der Waals surface area contributed by atoms with Crippen LogP contribution in [0.3, 0.4) is 0 Å². The summed E-state index contributed by atoms with van der Waals surface area (Å²) in [6.07, 6.45) is 2.10. The van der Waals surface area contributed by atoms with Gasteiger partial charge >= 0.3 is 0 Å². The van der Waals surface area contributed by atoms with Gasteiger partial charge in [0, 0.05) is 31.3 Å². The Morgan fingerprint density at radius 2 is 1.87 bits per heavy atom. The molecular weight excluding hydrogens is 392 g/mol. The Labute approximate surface area is 183 Å². The second kappa shape index (κ2) is 10.7. The number of carbonyl (C=O) groups excluding carboxylic acids is 2. The van der Waals surface area contributed by atoms with Gasteiger partial charge < -0.3 is 15.4 Å². The third-order valence-electron chi connectivity index (χ3n) is 5.24. The summed E-state index contributed by atoms with van der Waals surface area (Å²) < 4.78 is 5.65. The summed E-state index contributed by atoms with van der Waals surface area (Å²) in [7, 11) is 0. The van der Waals surface area contributed by atoms with Crippen molar-refractivity contribution in [3.63, 3.8) is 0 Å².